The third-order valence-electron chi connectivity index (χ3n) is 5.80. The molecule has 28 heavy (non-hydrogen) atoms. The van der Waals surface area contributed by atoms with Gasteiger partial charge in [-0.3, -0.25) is 9.78 Å². The van der Waals surface area contributed by atoms with Gasteiger partial charge in [0.15, 0.2) is 0 Å². The first kappa shape index (κ1) is 17.4. The molecule has 0 spiro atoms. The van der Waals surface area contributed by atoms with E-state index in [4.69, 9.17) is 4.74 Å². The zero-order valence-electron chi connectivity index (χ0n) is 15.5. The van der Waals surface area contributed by atoms with Crippen molar-refractivity contribution in [3.8, 4) is 16.2 Å². The molecule has 5 rings (SSSR count). The minimum absolute atomic E-state index is 0.157. The Hall–Kier alpha value is -2.66. The lowest BCUT2D eigenvalue weighted by Gasteiger charge is -2.39. The molecule has 0 radical (unpaired) electrons. The van der Waals surface area contributed by atoms with Gasteiger partial charge in [-0.05, 0) is 54.1 Å². The maximum atomic E-state index is 13.2. The lowest BCUT2D eigenvalue weighted by atomic mass is 9.98. The van der Waals surface area contributed by atoms with Crippen molar-refractivity contribution < 1.29 is 9.53 Å². The maximum absolute atomic E-state index is 13.2. The van der Waals surface area contributed by atoms with E-state index >= 15 is 0 Å². The zero-order chi connectivity index (χ0) is 18.9. The van der Waals surface area contributed by atoms with Crippen molar-refractivity contribution in [2.24, 2.45) is 0 Å². The molecule has 0 saturated carbocycles. The molecule has 4 nitrogen and oxygen atoms in total. The minimum Gasteiger partial charge on any atom is -0.489 e. The number of ether oxygens (including phenoxy) is 1. The number of carbonyl (C=O) groups is 1. The summed E-state index contributed by atoms with van der Waals surface area (Å²) in [4.78, 5) is 20.7. The highest BCUT2D eigenvalue weighted by molar-refractivity contribution is 7.13. The standard InChI is InChI=1S/C23H22N2O2S/c26-23(17-7-5-16(6-8-17)22-4-2-12-28-22)25-18-9-10-19(25)14-21(13-18)27-20-3-1-11-24-15-20/h1-8,11-12,15,18-19,21H,9-10,13-14H2. The van der Waals surface area contributed by atoms with Crippen LogP contribution in [0, 0.1) is 0 Å². The fourth-order valence-electron chi connectivity index (χ4n) is 4.53. The molecule has 2 aliphatic rings. The van der Waals surface area contributed by atoms with Gasteiger partial charge in [-0.1, -0.05) is 18.2 Å². The number of pyridine rings is 1. The summed E-state index contributed by atoms with van der Waals surface area (Å²) in [6.45, 7) is 0. The topological polar surface area (TPSA) is 42.4 Å². The van der Waals surface area contributed by atoms with Crippen molar-refractivity contribution in [3.63, 3.8) is 0 Å². The number of carbonyl (C=O) groups excluding carboxylic acids is 1. The summed E-state index contributed by atoms with van der Waals surface area (Å²) >= 11 is 1.72. The van der Waals surface area contributed by atoms with Crippen LogP contribution in [0.2, 0.25) is 0 Å². The molecule has 3 aromatic rings. The van der Waals surface area contributed by atoms with E-state index in [9.17, 15) is 4.79 Å². The Balaban J connectivity index is 1.29. The molecule has 2 aliphatic heterocycles. The van der Waals surface area contributed by atoms with Crippen LogP contribution in [0.4, 0.5) is 0 Å². The van der Waals surface area contributed by atoms with E-state index in [0.29, 0.717) is 0 Å². The summed E-state index contributed by atoms with van der Waals surface area (Å²) in [5.74, 6) is 0.973. The number of benzene rings is 1. The normalized spacial score (nSPS) is 23.6. The first-order valence-corrected chi connectivity index (χ1v) is 10.7. The van der Waals surface area contributed by atoms with Crippen LogP contribution in [0.1, 0.15) is 36.0 Å². The maximum Gasteiger partial charge on any atom is 0.254 e. The van der Waals surface area contributed by atoms with Gasteiger partial charge in [0, 0.05) is 41.6 Å². The Bertz CT molecular complexity index is 927. The van der Waals surface area contributed by atoms with Crippen LogP contribution >= 0.6 is 11.3 Å². The Labute approximate surface area is 168 Å². The molecule has 4 heterocycles. The minimum atomic E-state index is 0.157. The number of thiophene rings is 1. The molecule has 2 atom stereocenters. The largest absolute Gasteiger partial charge is 0.489 e. The van der Waals surface area contributed by atoms with Crippen LogP contribution in [0.5, 0.6) is 5.75 Å². The monoisotopic (exact) mass is 390 g/mol. The third kappa shape index (κ3) is 3.31. The Morgan fingerprint density at radius 2 is 1.82 bits per heavy atom. The zero-order valence-corrected chi connectivity index (χ0v) is 16.3. The molecular formula is C23H22N2O2S. The molecule has 1 amide bonds. The van der Waals surface area contributed by atoms with Crippen LogP contribution < -0.4 is 4.74 Å². The van der Waals surface area contributed by atoms with Crippen LogP contribution in [0.15, 0.2) is 66.3 Å². The van der Waals surface area contributed by atoms with E-state index in [1.165, 1.54) is 4.88 Å². The van der Waals surface area contributed by atoms with Gasteiger partial charge in [0.05, 0.1) is 6.20 Å². The van der Waals surface area contributed by atoms with Crippen LogP contribution in [0.3, 0.4) is 0 Å². The molecule has 5 heteroatoms. The average Bonchev–Trinajstić information content (AvgIpc) is 3.35. The predicted octanol–water partition coefficient (Wildman–Crippen LogP) is 5.02. The van der Waals surface area contributed by atoms with Gasteiger partial charge in [-0.2, -0.15) is 0 Å². The average molecular weight is 391 g/mol. The molecule has 142 valence electrons. The Morgan fingerprint density at radius 1 is 1.04 bits per heavy atom. The third-order valence-corrected chi connectivity index (χ3v) is 6.72. The highest BCUT2D eigenvalue weighted by Gasteiger charge is 2.44. The molecular weight excluding hydrogens is 368 g/mol. The molecule has 0 aliphatic carbocycles. The Morgan fingerprint density at radius 3 is 2.46 bits per heavy atom. The van der Waals surface area contributed by atoms with Crippen LogP contribution in [-0.2, 0) is 0 Å². The summed E-state index contributed by atoms with van der Waals surface area (Å²) in [6.07, 6.45) is 7.59. The SMILES string of the molecule is O=C(c1ccc(-c2cccs2)cc1)N1C2CCC1CC(Oc1cccnc1)C2. The number of hydrogen-bond donors (Lipinski definition) is 0. The van der Waals surface area contributed by atoms with Crippen molar-refractivity contribution in [1.82, 2.24) is 9.88 Å². The first-order chi connectivity index (χ1) is 13.8. The summed E-state index contributed by atoms with van der Waals surface area (Å²) < 4.78 is 6.13. The van der Waals surface area contributed by atoms with E-state index in [0.717, 1.165) is 42.6 Å². The summed E-state index contributed by atoms with van der Waals surface area (Å²) in [6, 6.07) is 16.6. The van der Waals surface area contributed by atoms with Crippen LogP contribution in [-0.4, -0.2) is 34.0 Å². The van der Waals surface area contributed by atoms with Gasteiger partial charge in [0.1, 0.15) is 11.9 Å². The molecule has 2 aromatic heterocycles. The second-order valence-corrected chi connectivity index (χ2v) is 8.50. The van der Waals surface area contributed by atoms with Crippen molar-refractivity contribution in [1.29, 1.82) is 0 Å². The second-order valence-electron chi connectivity index (χ2n) is 7.55. The van der Waals surface area contributed by atoms with E-state index in [1.54, 1.807) is 23.7 Å². The van der Waals surface area contributed by atoms with Gasteiger partial charge in [0.25, 0.3) is 5.91 Å². The number of aromatic nitrogens is 1. The van der Waals surface area contributed by atoms with Gasteiger partial charge >= 0.3 is 0 Å². The predicted molar refractivity (Wildman–Crippen MR) is 111 cm³/mol. The fraction of sp³-hybridized carbons (Fsp3) is 0.304. The first-order valence-electron chi connectivity index (χ1n) is 9.81. The molecule has 2 unspecified atom stereocenters. The molecule has 2 bridgehead atoms. The van der Waals surface area contributed by atoms with E-state index < -0.39 is 0 Å². The quantitative estimate of drug-likeness (QED) is 0.628. The number of hydrogen-bond acceptors (Lipinski definition) is 4. The molecule has 2 saturated heterocycles. The summed E-state index contributed by atoms with van der Waals surface area (Å²) in [5, 5.41) is 2.07. The van der Waals surface area contributed by atoms with Crippen molar-refractivity contribution >= 4 is 17.2 Å². The van der Waals surface area contributed by atoms with Crippen molar-refractivity contribution in [3.05, 3.63) is 71.9 Å². The lowest BCUT2D eigenvalue weighted by molar-refractivity contribution is 0.0358. The summed E-state index contributed by atoms with van der Waals surface area (Å²) in [7, 11) is 0. The molecule has 1 aromatic carbocycles. The fourth-order valence-corrected chi connectivity index (χ4v) is 5.27. The van der Waals surface area contributed by atoms with Gasteiger partial charge in [-0.25, -0.2) is 0 Å². The highest BCUT2D eigenvalue weighted by Crippen LogP contribution is 2.38. The second kappa shape index (κ2) is 7.40. The number of rotatable bonds is 4. The van der Waals surface area contributed by atoms with Gasteiger partial charge in [0.2, 0.25) is 0 Å². The number of amides is 1. The van der Waals surface area contributed by atoms with Crippen molar-refractivity contribution in [2.45, 2.75) is 43.9 Å². The lowest BCUT2D eigenvalue weighted by Crippen LogP contribution is -2.49. The number of fused-ring (bicyclic) bond motifs is 2. The Kier molecular flexibility index (Phi) is 4.61. The number of piperidine rings is 1. The van der Waals surface area contributed by atoms with Crippen LogP contribution in [0.25, 0.3) is 10.4 Å². The van der Waals surface area contributed by atoms with Gasteiger partial charge < -0.3 is 9.64 Å². The number of nitrogens with zero attached hydrogens (tertiary/aromatic N) is 2. The highest BCUT2D eigenvalue weighted by atomic mass is 32.1. The smallest absolute Gasteiger partial charge is 0.254 e. The van der Waals surface area contributed by atoms with Crippen molar-refractivity contribution in [2.75, 3.05) is 0 Å². The van der Waals surface area contributed by atoms with E-state index in [2.05, 4.69) is 39.5 Å². The molecule has 0 N–H and O–H groups in total. The van der Waals surface area contributed by atoms with E-state index in [1.807, 2.05) is 24.3 Å². The summed E-state index contributed by atoms with van der Waals surface area (Å²) in [5.41, 5.74) is 1.95. The van der Waals surface area contributed by atoms with Gasteiger partial charge in [-0.15, -0.1) is 11.3 Å². The van der Waals surface area contributed by atoms with E-state index in [-0.39, 0.29) is 24.1 Å². The molecule has 2 fully saturated rings.